The lowest BCUT2D eigenvalue weighted by atomic mass is 10.2. The van der Waals surface area contributed by atoms with E-state index < -0.39 is 6.10 Å². The number of nitrogens with one attached hydrogen (secondary N) is 1. The lowest BCUT2D eigenvalue weighted by Gasteiger charge is -2.12. The summed E-state index contributed by atoms with van der Waals surface area (Å²) in [5.74, 6) is 0.456. The van der Waals surface area contributed by atoms with E-state index >= 15 is 0 Å². The van der Waals surface area contributed by atoms with Crippen molar-refractivity contribution >= 4 is 23.5 Å². The molecule has 0 fully saturated rings. The van der Waals surface area contributed by atoms with Gasteiger partial charge in [-0.15, -0.1) is 0 Å². The van der Waals surface area contributed by atoms with Gasteiger partial charge >= 0.3 is 0 Å². The Bertz CT molecular complexity index is 710. The third-order valence-corrected chi connectivity index (χ3v) is 3.56. The van der Waals surface area contributed by atoms with Gasteiger partial charge in [-0.25, -0.2) is 0 Å². The van der Waals surface area contributed by atoms with Crippen LogP contribution in [0.5, 0.6) is 5.75 Å². The second-order valence-corrected chi connectivity index (χ2v) is 5.69. The molecular formula is C19H23N3O3. The van der Waals surface area contributed by atoms with Gasteiger partial charge in [0.2, 0.25) is 6.10 Å². The summed E-state index contributed by atoms with van der Waals surface area (Å²) in [5, 5.41) is 6.65. The molecule has 0 heterocycles. The number of carbonyl (C=O) groups is 1. The van der Waals surface area contributed by atoms with Crippen LogP contribution in [0.15, 0.2) is 53.7 Å². The number of nitrogens with zero attached hydrogens (tertiary/aromatic N) is 2. The fourth-order valence-corrected chi connectivity index (χ4v) is 2.01. The van der Waals surface area contributed by atoms with Crippen LogP contribution in [0.2, 0.25) is 0 Å². The Morgan fingerprint density at radius 3 is 2.32 bits per heavy atom. The minimum atomic E-state index is -0.709. The fraction of sp³-hybridized carbons (Fsp3) is 0.263. The largest absolute Gasteiger partial charge is 0.497 e. The SMILES string of the molecule is COc1ccc(NC(=O)C(C)O/N=C/c2ccc(N(C)C)cc2)cc1. The van der Waals surface area contributed by atoms with Gasteiger partial charge in [-0.3, -0.25) is 4.79 Å². The highest BCUT2D eigenvalue weighted by Gasteiger charge is 2.14. The minimum absolute atomic E-state index is 0.273. The second-order valence-electron chi connectivity index (χ2n) is 5.69. The molecule has 6 nitrogen and oxygen atoms in total. The summed E-state index contributed by atoms with van der Waals surface area (Å²) >= 11 is 0. The summed E-state index contributed by atoms with van der Waals surface area (Å²) in [7, 11) is 5.56. The molecular weight excluding hydrogens is 318 g/mol. The summed E-state index contributed by atoms with van der Waals surface area (Å²) in [6.07, 6.45) is 0.871. The number of hydrogen-bond donors (Lipinski definition) is 1. The molecule has 0 aliphatic carbocycles. The number of methoxy groups -OCH3 is 1. The summed E-state index contributed by atoms with van der Waals surface area (Å²) in [5.41, 5.74) is 2.67. The number of oxime groups is 1. The van der Waals surface area contributed by atoms with E-state index in [1.165, 1.54) is 0 Å². The maximum Gasteiger partial charge on any atom is 0.267 e. The molecule has 0 aliphatic rings. The van der Waals surface area contributed by atoms with Crippen molar-refractivity contribution in [1.29, 1.82) is 0 Å². The standard InChI is InChI=1S/C19H23N3O3/c1-14(19(23)21-16-7-11-18(24-4)12-8-16)25-20-13-15-5-9-17(10-6-15)22(2)3/h5-14H,1-4H3,(H,21,23)/b20-13+. The van der Waals surface area contributed by atoms with Crippen LogP contribution >= 0.6 is 0 Å². The van der Waals surface area contributed by atoms with Crippen molar-refractivity contribution in [2.45, 2.75) is 13.0 Å². The van der Waals surface area contributed by atoms with Crippen LogP contribution in [0, 0.1) is 0 Å². The lowest BCUT2D eigenvalue weighted by Crippen LogP contribution is -2.26. The molecule has 1 atom stereocenters. The van der Waals surface area contributed by atoms with Crippen LogP contribution in [0.1, 0.15) is 12.5 Å². The van der Waals surface area contributed by atoms with Gasteiger partial charge in [0.05, 0.1) is 13.3 Å². The highest BCUT2D eigenvalue weighted by Crippen LogP contribution is 2.15. The first kappa shape index (κ1) is 18.3. The van der Waals surface area contributed by atoms with E-state index in [0.29, 0.717) is 5.69 Å². The number of ether oxygens (including phenoxy) is 1. The van der Waals surface area contributed by atoms with E-state index in [1.807, 2.05) is 43.3 Å². The van der Waals surface area contributed by atoms with Crippen molar-refractivity contribution in [3.8, 4) is 5.75 Å². The van der Waals surface area contributed by atoms with E-state index in [1.54, 1.807) is 44.5 Å². The summed E-state index contributed by atoms with van der Waals surface area (Å²) in [6, 6.07) is 14.9. The molecule has 132 valence electrons. The van der Waals surface area contributed by atoms with Crippen LogP contribution < -0.4 is 15.0 Å². The molecule has 2 rings (SSSR count). The average molecular weight is 341 g/mol. The molecule has 0 aromatic heterocycles. The molecule has 25 heavy (non-hydrogen) atoms. The number of rotatable bonds is 7. The minimum Gasteiger partial charge on any atom is -0.497 e. The van der Waals surface area contributed by atoms with Crippen LogP contribution in [-0.4, -0.2) is 39.4 Å². The average Bonchev–Trinajstić information content (AvgIpc) is 2.62. The molecule has 1 N–H and O–H groups in total. The summed E-state index contributed by atoms with van der Waals surface area (Å²) in [4.78, 5) is 19.3. The number of carbonyl (C=O) groups excluding carboxylic acids is 1. The zero-order valence-corrected chi connectivity index (χ0v) is 14.9. The van der Waals surface area contributed by atoms with Crippen molar-refractivity contribution in [3.63, 3.8) is 0 Å². The number of hydrogen-bond acceptors (Lipinski definition) is 5. The van der Waals surface area contributed by atoms with Crippen molar-refractivity contribution < 1.29 is 14.4 Å². The van der Waals surface area contributed by atoms with Gasteiger partial charge in [0.1, 0.15) is 5.75 Å². The van der Waals surface area contributed by atoms with Crippen molar-refractivity contribution in [1.82, 2.24) is 0 Å². The summed E-state index contributed by atoms with van der Waals surface area (Å²) < 4.78 is 5.08. The van der Waals surface area contributed by atoms with Gasteiger partial charge < -0.3 is 19.8 Å². The van der Waals surface area contributed by atoms with Gasteiger partial charge in [-0.1, -0.05) is 17.3 Å². The van der Waals surface area contributed by atoms with Crippen LogP contribution in [0.25, 0.3) is 0 Å². The molecule has 0 saturated carbocycles. The maximum absolute atomic E-state index is 12.1. The van der Waals surface area contributed by atoms with E-state index in [9.17, 15) is 4.79 Å². The molecule has 1 amide bonds. The highest BCUT2D eigenvalue weighted by atomic mass is 16.6. The number of amides is 1. The maximum atomic E-state index is 12.1. The molecule has 1 unspecified atom stereocenters. The van der Waals surface area contributed by atoms with Gasteiger partial charge in [-0.05, 0) is 48.9 Å². The molecule has 6 heteroatoms. The van der Waals surface area contributed by atoms with E-state index in [0.717, 1.165) is 17.0 Å². The van der Waals surface area contributed by atoms with Crippen molar-refractivity contribution in [2.24, 2.45) is 5.16 Å². The first-order valence-electron chi connectivity index (χ1n) is 7.91. The molecule has 0 aliphatic heterocycles. The number of anilines is 2. The van der Waals surface area contributed by atoms with Gasteiger partial charge in [0.25, 0.3) is 5.91 Å². The quantitative estimate of drug-likeness (QED) is 0.621. The van der Waals surface area contributed by atoms with Crippen molar-refractivity contribution in [3.05, 3.63) is 54.1 Å². The predicted octanol–water partition coefficient (Wildman–Crippen LogP) is 3.14. The Morgan fingerprint density at radius 2 is 1.76 bits per heavy atom. The first-order valence-corrected chi connectivity index (χ1v) is 7.91. The zero-order chi connectivity index (χ0) is 18.2. The third-order valence-electron chi connectivity index (χ3n) is 3.56. The number of benzene rings is 2. The van der Waals surface area contributed by atoms with Gasteiger partial charge in [0, 0.05) is 25.5 Å². The van der Waals surface area contributed by atoms with E-state index in [2.05, 4.69) is 10.5 Å². The molecule has 0 radical (unpaired) electrons. The Hall–Kier alpha value is -3.02. The highest BCUT2D eigenvalue weighted by molar-refractivity contribution is 5.94. The summed E-state index contributed by atoms with van der Waals surface area (Å²) in [6.45, 7) is 1.64. The molecule has 2 aromatic carbocycles. The monoisotopic (exact) mass is 341 g/mol. The molecule has 0 bridgehead atoms. The molecule has 0 spiro atoms. The van der Waals surface area contributed by atoms with E-state index in [4.69, 9.17) is 9.57 Å². The van der Waals surface area contributed by atoms with Crippen LogP contribution in [0.3, 0.4) is 0 Å². The zero-order valence-electron chi connectivity index (χ0n) is 14.9. The van der Waals surface area contributed by atoms with Gasteiger partial charge in [0.15, 0.2) is 0 Å². The Kier molecular flexibility index (Phi) is 6.39. The Morgan fingerprint density at radius 1 is 1.12 bits per heavy atom. The predicted molar refractivity (Wildman–Crippen MR) is 101 cm³/mol. The lowest BCUT2D eigenvalue weighted by molar-refractivity contribution is -0.126. The van der Waals surface area contributed by atoms with Crippen molar-refractivity contribution in [2.75, 3.05) is 31.4 Å². The fourth-order valence-electron chi connectivity index (χ4n) is 2.01. The topological polar surface area (TPSA) is 63.2 Å². The van der Waals surface area contributed by atoms with Crippen LogP contribution in [0.4, 0.5) is 11.4 Å². The molecule has 0 saturated heterocycles. The van der Waals surface area contributed by atoms with Gasteiger partial charge in [-0.2, -0.15) is 0 Å². The van der Waals surface area contributed by atoms with Crippen LogP contribution in [-0.2, 0) is 9.63 Å². The Balaban J connectivity index is 1.85. The van der Waals surface area contributed by atoms with E-state index in [-0.39, 0.29) is 5.91 Å². The third kappa shape index (κ3) is 5.53. The second kappa shape index (κ2) is 8.73. The smallest absolute Gasteiger partial charge is 0.267 e. The molecule has 2 aromatic rings. The normalized spacial score (nSPS) is 11.8. The first-order chi connectivity index (χ1) is 12.0. The Labute approximate surface area is 148 Å².